The van der Waals surface area contributed by atoms with E-state index in [-0.39, 0.29) is 23.7 Å². The number of hydrogen-bond acceptors (Lipinski definition) is 4. The Labute approximate surface area is 198 Å². The minimum Gasteiger partial charge on any atom is -0.402 e. The number of benzene rings is 1. The molecule has 0 radical (unpaired) electrons. The number of halogens is 1. The maximum atomic E-state index is 13.9. The largest absolute Gasteiger partial charge is 0.402 e. The van der Waals surface area contributed by atoms with Crippen LogP contribution in [0, 0.1) is 17.7 Å². The lowest BCUT2D eigenvalue weighted by Crippen LogP contribution is -2.40. The zero-order chi connectivity index (χ0) is 23.8. The summed E-state index contributed by atoms with van der Waals surface area (Å²) >= 11 is 0. The van der Waals surface area contributed by atoms with Gasteiger partial charge in [0.15, 0.2) is 0 Å². The van der Waals surface area contributed by atoms with Crippen LogP contribution in [0.15, 0.2) is 40.5 Å². The number of amides is 1. The molecule has 1 aromatic carbocycles. The van der Waals surface area contributed by atoms with Gasteiger partial charge in [0, 0.05) is 30.4 Å². The molecule has 33 heavy (non-hydrogen) atoms. The Morgan fingerprint density at radius 3 is 2.52 bits per heavy atom. The second kappa shape index (κ2) is 12.3. The van der Waals surface area contributed by atoms with E-state index in [1.54, 1.807) is 12.1 Å². The summed E-state index contributed by atoms with van der Waals surface area (Å²) < 4.78 is 13.9. The highest BCUT2D eigenvalue weighted by molar-refractivity contribution is 5.99. The topological polar surface area (TPSA) is 70.7 Å². The number of nitrogens with zero attached hydrogens (tertiary/aromatic N) is 2. The van der Waals surface area contributed by atoms with E-state index >= 15 is 0 Å². The van der Waals surface area contributed by atoms with Gasteiger partial charge in [0.05, 0.1) is 6.04 Å². The first-order chi connectivity index (χ1) is 15.9. The minimum absolute atomic E-state index is 0.115. The summed E-state index contributed by atoms with van der Waals surface area (Å²) in [4.78, 5) is 19.7. The predicted octanol–water partition coefficient (Wildman–Crippen LogP) is 4.99. The third-order valence-electron chi connectivity index (χ3n) is 7.29. The van der Waals surface area contributed by atoms with Gasteiger partial charge < -0.3 is 16.0 Å². The molecule has 1 amide bonds. The molecule has 5 nitrogen and oxygen atoms in total. The Hall–Kier alpha value is -2.21. The van der Waals surface area contributed by atoms with Gasteiger partial charge in [0.1, 0.15) is 5.82 Å². The molecule has 0 bridgehead atoms. The van der Waals surface area contributed by atoms with Crippen molar-refractivity contribution < 1.29 is 9.18 Å². The summed E-state index contributed by atoms with van der Waals surface area (Å²) in [5, 5.41) is 3.21. The maximum absolute atomic E-state index is 13.9. The first kappa shape index (κ1) is 25.4. The monoisotopic (exact) mass is 456 g/mol. The van der Waals surface area contributed by atoms with Crippen molar-refractivity contribution in [3.8, 4) is 0 Å². The van der Waals surface area contributed by atoms with E-state index in [0.717, 1.165) is 88.1 Å². The summed E-state index contributed by atoms with van der Waals surface area (Å²) in [6.45, 7) is 9.90. The average molecular weight is 457 g/mol. The van der Waals surface area contributed by atoms with E-state index in [4.69, 9.17) is 5.73 Å². The van der Waals surface area contributed by atoms with Crippen LogP contribution in [-0.2, 0) is 4.79 Å². The fourth-order valence-corrected chi connectivity index (χ4v) is 5.07. The third kappa shape index (κ3) is 6.89. The molecule has 2 aliphatic rings. The van der Waals surface area contributed by atoms with Gasteiger partial charge in [0.25, 0.3) is 0 Å². The second-order valence-electron chi connectivity index (χ2n) is 9.50. The minimum atomic E-state index is -0.256. The SMILES string of the molecule is CCN=C(C)C(=C(N)CC)C1CCN(CC[C@H](NC(=O)C2CCC2)c2cccc(F)c2)CC1. The van der Waals surface area contributed by atoms with Crippen molar-refractivity contribution >= 4 is 11.6 Å². The van der Waals surface area contributed by atoms with E-state index in [0.29, 0.717) is 5.92 Å². The van der Waals surface area contributed by atoms with Gasteiger partial charge in [-0.3, -0.25) is 9.79 Å². The standard InChI is InChI=1S/C27H41FN4O/c1-4-24(29)26(19(3)30-5-2)20-12-15-32(16-13-20)17-14-25(22-10-7-11-23(28)18-22)31-27(33)21-8-6-9-21/h7,10-11,18,20-21,25H,4-6,8-9,12-17,29H2,1-3H3,(H,31,33)/t25-/m0/s1. The van der Waals surface area contributed by atoms with Crippen LogP contribution in [0.3, 0.4) is 0 Å². The third-order valence-corrected chi connectivity index (χ3v) is 7.29. The number of aliphatic imine (C=N–C) groups is 1. The summed E-state index contributed by atoms with van der Waals surface area (Å²) in [6.07, 6.45) is 6.81. The van der Waals surface area contributed by atoms with Crippen molar-refractivity contribution in [2.24, 2.45) is 22.6 Å². The molecule has 2 fully saturated rings. The van der Waals surface area contributed by atoms with Crippen LogP contribution in [0.5, 0.6) is 0 Å². The first-order valence-electron chi connectivity index (χ1n) is 12.7. The summed E-state index contributed by atoms with van der Waals surface area (Å²) in [5.74, 6) is 0.436. The van der Waals surface area contributed by atoms with Crippen molar-refractivity contribution in [2.45, 2.75) is 71.8 Å². The maximum Gasteiger partial charge on any atom is 0.223 e. The van der Waals surface area contributed by atoms with Crippen LogP contribution in [0.4, 0.5) is 4.39 Å². The quantitative estimate of drug-likeness (QED) is 0.487. The molecule has 0 unspecified atom stereocenters. The molecule has 1 heterocycles. The van der Waals surface area contributed by atoms with E-state index < -0.39 is 0 Å². The van der Waals surface area contributed by atoms with Gasteiger partial charge in [-0.2, -0.15) is 0 Å². The molecule has 0 spiro atoms. The number of carbonyl (C=O) groups excluding carboxylic acids is 1. The zero-order valence-electron chi connectivity index (χ0n) is 20.6. The van der Waals surface area contributed by atoms with Crippen LogP contribution in [0.2, 0.25) is 0 Å². The lowest BCUT2D eigenvalue weighted by atomic mass is 9.84. The Balaban J connectivity index is 1.60. The van der Waals surface area contributed by atoms with Crippen molar-refractivity contribution in [1.82, 2.24) is 10.2 Å². The van der Waals surface area contributed by atoms with Gasteiger partial charge in [0.2, 0.25) is 5.91 Å². The van der Waals surface area contributed by atoms with Gasteiger partial charge in [-0.1, -0.05) is 25.5 Å². The molecule has 3 N–H and O–H groups in total. The van der Waals surface area contributed by atoms with Crippen LogP contribution in [0.25, 0.3) is 0 Å². The number of nitrogens with one attached hydrogen (secondary N) is 1. The second-order valence-corrected chi connectivity index (χ2v) is 9.50. The normalized spacial score (nSPS) is 20.2. The molecule has 182 valence electrons. The first-order valence-corrected chi connectivity index (χ1v) is 12.7. The van der Waals surface area contributed by atoms with Gasteiger partial charge in [-0.15, -0.1) is 0 Å². The number of nitrogens with two attached hydrogens (primary N) is 1. The molecule has 1 atom stereocenters. The average Bonchev–Trinajstić information content (AvgIpc) is 2.76. The van der Waals surface area contributed by atoms with Crippen molar-refractivity contribution in [2.75, 3.05) is 26.2 Å². The Bertz CT molecular complexity index is 853. The lowest BCUT2D eigenvalue weighted by molar-refractivity contribution is -0.128. The van der Waals surface area contributed by atoms with Gasteiger partial charge in [-0.25, -0.2) is 4.39 Å². The zero-order valence-corrected chi connectivity index (χ0v) is 20.6. The van der Waals surface area contributed by atoms with Gasteiger partial charge in [-0.05, 0) is 94.6 Å². The summed E-state index contributed by atoms with van der Waals surface area (Å²) in [7, 11) is 0. The number of carbonyl (C=O) groups is 1. The Kier molecular flexibility index (Phi) is 9.48. The number of rotatable bonds is 10. The van der Waals surface area contributed by atoms with Crippen molar-refractivity contribution in [3.05, 3.63) is 46.9 Å². The highest BCUT2D eigenvalue weighted by Crippen LogP contribution is 2.30. The molecule has 3 rings (SSSR count). The smallest absolute Gasteiger partial charge is 0.223 e. The van der Waals surface area contributed by atoms with Crippen LogP contribution in [0.1, 0.15) is 77.3 Å². The van der Waals surface area contributed by atoms with Crippen molar-refractivity contribution in [1.29, 1.82) is 0 Å². The summed E-state index contributed by atoms with van der Waals surface area (Å²) in [6, 6.07) is 6.50. The van der Waals surface area contributed by atoms with Crippen molar-refractivity contribution in [3.63, 3.8) is 0 Å². The molecule has 1 aromatic rings. The van der Waals surface area contributed by atoms with Crippen LogP contribution < -0.4 is 11.1 Å². The molecule has 1 aliphatic heterocycles. The molecule has 1 saturated carbocycles. The van der Waals surface area contributed by atoms with Crippen LogP contribution >= 0.6 is 0 Å². The molecule has 1 aliphatic carbocycles. The molecular weight excluding hydrogens is 415 g/mol. The van der Waals surface area contributed by atoms with E-state index in [1.807, 2.05) is 6.07 Å². The highest BCUT2D eigenvalue weighted by Gasteiger charge is 2.29. The predicted molar refractivity (Wildman–Crippen MR) is 134 cm³/mol. The van der Waals surface area contributed by atoms with E-state index in [2.05, 4.69) is 36.0 Å². The number of hydrogen-bond donors (Lipinski definition) is 2. The molecule has 1 saturated heterocycles. The lowest BCUT2D eigenvalue weighted by Gasteiger charge is -2.35. The van der Waals surface area contributed by atoms with Crippen LogP contribution in [-0.4, -0.2) is 42.7 Å². The van der Waals surface area contributed by atoms with E-state index in [1.165, 1.54) is 11.6 Å². The fraction of sp³-hybridized carbons (Fsp3) is 0.630. The van der Waals surface area contributed by atoms with Gasteiger partial charge >= 0.3 is 0 Å². The molecule has 0 aromatic heterocycles. The number of piperidine rings is 1. The fourth-order valence-electron chi connectivity index (χ4n) is 5.07. The molecular formula is C27H41FN4O. The Morgan fingerprint density at radius 2 is 1.94 bits per heavy atom. The summed E-state index contributed by atoms with van der Waals surface area (Å²) in [5.41, 5.74) is 10.5. The van der Waals surface area contributed by atoms with E-state index in [9.17, 15) is 9.18 Å². The highest BCUT2D eigenvalue weighted by atomic mass is 19.1. The molecule has 6 heteroatoms. The number of likely N-dealkylation sites (tertiary alicyclic amines) is 1. The Morgan fingerprint density at radius 1 is 1.21 bits per heavy atom. The number of allylic oxidation sites excluding steroid dienone is 2.